The first-order valence-electron chi connectivity index (χ1n) is 16.3. The summed E-state index contributed by atoms with van der Waals surface area (Å²) in [5, 5.41) is 4.75. The molecule has 2 nitrogen and oxygen atoms in total. The normalized spacial score (nSPS) is 11.3. The van der Waals surface area contributed by atoms with Gasteiger partial charge in [-0.05, 0) is 75.7 Å². The molecule has 0 N–H and O–H groups in total. The van der Waals surface area contributed by atoms with Crippen molar-refractivity contribution in [1.29, 1.82) is 0 Å². The molecule has 0 bridgehead atoms. The fourth-order valence-electron chi connectivity index (χ4n) is 6.91. The summed E-state index contributed by atoms with van der Waals surface area (Å²) in [5.41, 5.74) is 12.2. The second kappa shape index (κ2) is 11.8. The number of para-hydroxylation sites is 3. The standard InChI is InChI=1S/C46H31NO/c1-2-15-38(16-3-1)47(44-21-9-12-35-11-4-5-17-40(35)44)39-29-27-33(28-30-39)32-23-25-34(26-24-32)36-13-8-14-37(31-36)41-19-10-20-43-42-18-6-7-22-45(42)48-46(41)43/h1-31H. The maximum atomic E-state index is 6.34. The van der Waals surface area contributed by atoms with Crippen LogP contribution in [0.25, 0.3) is 66.1 Å². The summed E-state index contributed by atoms with van der Waals surface area (Å²) in [6.07, 6.45) is 0. The first kappa shape index (κ1) is 27.9. The minimum atomic E-state index is 0.918. The van der Waals surface area contributed by atoms with Crippen LogP contribution in [0.1, 0.15) is 0 Å². The molecule has 0 spiro atoms. The molecular weight excluding hydrogens is 583 g/mol. The predicted molar refractivity (Wildman–Crippen MR) is 202 cm³/mol. The summed E-state index contributed by atoms with van der Waals surface area (Å²) in [7, 11) is 0. The number of rotatable bonds is 6. The van der Waals surface area contributed by atoms with Gasteiger partial charge in [0.25, 0.3) is 0 Å². The minimum absolute atomic E-state index is 0.918. The van der Waals surface area contributed by atoms with E-state index in [1.54, 1.807) is 0 Å². The summed E-state index contributed by atoms with van der Waals surface area (Å²) in [4.78, 5) is 2.34. The number of benzene rings is 8. The molecule has 8 aromatic carbocycles. The molecule has 9 aromatic rings. The van der Waals surface area contributed by atoms with Gasteiger partial charge in [-0.3, -0.25) is 0 Å². The van der Waals surface area contributed by atoms with Crippen LogP contribution in [-0.2, 0) is 0 Å². The van der Waals surface area contributed by atoms with Gasteiger partial charge in [0.2, 0.25) is 0 Å². The van der Waals surface area contributed by atoms with Crippen LogP contribution >= 0.6 is 0 Å². The van der Waals surface area contributed by atoms with Crippen LogP contribution in [0, 0.1) is 0 Å². The summed E-state index contributed by atoms with van der Waals surface area (Å²) >= 11 is 0. The Labute approximate surface area is 279 Å². The molecular formula is C46H31NO. The van der Waals surface area contributed by atoms with Crippen molar-refractivity contribution in [2.24, 2.45) is 0 Å². The van der Waals surface area contributed by atoms with Crippen LogP contribution in [0.5, 0.6) is 0 Å². The van der Waals surface area contributed by atoms with E-state index in [-0.39, 0.29) is 0 Å². The number of nitrogens with zero attached hydrogens (tertiary/aromatic N) is 1. The minimum Gasteiger partial charge on any atom is -0.455 e. The smallest absolute Gasteiger partial charge is 0.143 e. The number of anilines is 3. The summed E-state index contributed by atoms with van der Waals surface area (Å²) in [6, 6.07) is 66.8. The molecule has 0 saturated heterocycles. The van der Waals surface area contributed by atoms with Gasteiger partial charge < -0.3 is 9.32 Å². The fraction of sp³-hybridized carbons (Fsp3) is 0. The molecule has 0 unspecified atom stereocenters. The third-order valence-corrected chi connectivity index (χ3v) is 9.28. The molecule has 0 radical (unpaired) electrons. The SMILES string of the molecule is c1ccc(N(c2ccc(-c3ccc(-c4cccc(-c5cccc6c5oc5ccccc56)c4)cc3)cc2)c2cccc3ccccc23)cc1. The van der Waals surface area contributed by atoms with E-state index in [0.29, 0.717) is 0 Å². The van der Waals surface area contributed by atoms with E-state index in [1.807, 2.05) is 12.1 Å². The zero-order chi connectivity index (χ0) is 31.9. The molecule has 0 fully saturated rings. The van der Waals surface area contributed by atoms with Crippen LogP contribution in [0.15, 0.2) is 192 Å². The van der Waals surface area contributed by atoms with Gasteiger partial charge in [0.05, 0.1) is 5.69 Å². The maximum Gasteiger partial charge on any atom is 0.143 e. The molecule has 48 heavy (non-hydrogen) atoms. The zero-order valence-electron chi connectivity index (χ0n) is 26.3. The largest absolute Gasteiger partial charge is 0.455 e. The van der Waals surface area contributed by atoms with E-state index in [2.05, 4.69) is 181 Å². The summed E-state index contributed by atoms with van der Waals surface area (Å²) < 4.78 is 6.34. The monoisotopic (exact) mass is 613 g/mol. The van der Waals surface area contributed by atoms with Crippen molar-refractivity contribution in [3.05, 3.63) is 188 Å². The molecule has 2 heteroatoms. The molecule has 9 rings (SSSR count). The second-order valence-corrected chi connectivity index (χ2v) is 12.2. The van der Waals surface area contributed by atoms with Crippen molar-refractivity contribution >= 4 is 49.8 Å². The lowest BCUT2D eigenvalue weighted by molar-refractivity contribution is 0.670. The van der Waals surface area contributed by atoms with Crippen molar-refractivity contribution in [3.63, 3.8) is 0 Å². The van der Waals surface area contributed by atoms with Gasteiger partial charge in [0.1, 0.15) is 11.2 Å². The lowest BCUT2D eigenvalue weighted by atomic mass is 9.96. The quantitative estimate of drug-likeness (QED) is 0.185. The molecule has 1 aromatic heterocycles. The van der Waals surface area contributed by atoms with Crippen LogP contribution in [-0.4, -0.2) is 0 Å². The van der Waals surface area contributed by atoms with Gasteiger partial charge in [-0.15, -0.1) is 0 Å². The fourth-order valence-corrected chi connectivity index (χ4v) is 6.91. The number of hydrogen-bond acceptors (Lipinski definition) is 2. The van der Waals surface area contributed by atoms with E-state index in [4.69, 9.17) is 4.42 Å². The maximum absolute atomic E-state index is 6.34. The summed E-state index contributed by atoms with van der Waals surface area (Å²) in [6.45, 7) is 0. The Morgan fingerprint density at radius 3 is 1.73 bits per heavy atom. The first-order chi connectivity index (χ1) is 23.8. The van der Waals surface area contributed by atoms with E-state index in [0.717, 1.165) is 50.1 Å². The van der Waals surface area contributed by atoms with Crippen LogP contribution in [0.2, 0.25) is 0 Å². The number of hydrogen-bond donors (Lipinski definition) is 0. The zero-order valence-corrected chi connectivity index (χ0v) is 26.3. The van der Waals surface area contributed by atoms with Crippen molar-refractivity contribution < 1.29 is 4.42 Å². The lowest BCUT2D eigenvalue weighted by Crippen LogP contribution is -2.10. The Hall–Kier alpha value is -6.38. The Balaban J connectivity index is 1.03. The molecule has 0 aliphatic rings. The van der Waals surface area contributed by atoms with Crippen molar-refractivity contribution in [1.82, 2.24) is 0 Å². The Morgan fingerprint density at radius 1 is 0.354 bits per heavy atom. The Kier molecular flexibility index (Phi) is 6.84. The highest BCUT2D eigenvalue weighted by Crippen LogP contribution is 2.40. The van der Waals surface area contributed by atoms with Crippen LogP contribution in [0.3, 0.4) is 0 Å². The third kappa shape index (κ3) is 4.92. The van der Waals surface area contributed by atoms with Gasteiger partial charge in [-0.2, -0.15) is 0 Å². The van der Waals surface area contributed by atoms with E-state index in [1.165, 1.54) is 33.0 Å². The Morgan fingerprint density at radius 2 is 0.917 bits per heavy atom. The van der Waals surface area contributed by atoms with Crippen LogP contribution < -0.4 is 4.90 Å². The molecule has 226 valence electrons. The van der Waals surface area contributed by atoms with E-state index < -0.39 is 0 Å². The van der Waals surface area contributed by atoms with Crippen molar-refractivity contribution in [2.75, 3.05) is 4.90 Å². The van der Waals surface area contributed by atoms with Gasteiger partial charge in [-0.25, -0.2) is 0 Å². The van der Waals surface area contributed by atoms with E-state index in [9.17, 15) is 0 Å². The van der Waals surface area contributed by atoms with Gasteiger partial charge >= 0.3 is 0 Å². The average molecular weight is 614 g/mol. The molecule has 1 heterocycles. The molecule has 0 saturated carbocycles. The van der Waals surface area contributed by atoms with Crippen molar-refractivity contribution in [2.45, 2.75) is 0 Å². The summed E-state index contributed by atoms with van der Waals surface area (Å²) in [5.74, 6) is 0. The second-order valence-electron chi connectivity index (χ2n) is 12.2. The highest BCUT2D eigenvalue weighted by Gasteiger charge is 2.16. The predicted octanol–water partition coefficient (Wildman–Crippen LogP) is 13.2. The third-order valence-electron chi connectivity index (χ3n) is 9.28. The van der Waals surface area contributed by atoms with Gasteiger partial charge in [0, 0.05) is 33.1 Å². The number of furan rings is 1. The van der Waals surface area contributed by atoms with E-state index >= 15 is 0 Å². The highest BCUT2D eigenvalue weighted by molar-refractivity contribution is 6.09. The topological polar surface area (TPSA) is 16.4 Å². The Bertz CT molecular complexity index is 2540. The lowest BCUT2D eigenvalue weighted by Gasteiger charge is -2.27. The van der Waals surface area contributed by atoms with Crippen molar-refractivity contribution in [3.8, 4) is 33.4 Å². The average Bonchev–Trinajstić information content (AvgIpc) is 3.55. The molecule has 0 aliphatic heterocycles. The van der Waals surface area contributed by atoms with Gasteiger partial charge in [0.15, 0.2) is 0 Å². The van der Waals surface area contributed by atoms with Gasteiger partial charge in [-0.1, -0.05) is 146 Å². The molecule has 0 atom stereocenters. The van der Waals surface area contributed by atoms with Crippen LogP contribution in [0.4, 0.5) is 17.1 Å². The molecule has 0 aliphatic carbocycles. The first-order valence-corrected chi connectivity index (χ1v) is 16.3. The molecule has 0 amide bonds. The highest BCUT2D eigenvalue weighted by atomic mass is 16.3. The number of fused-ring (bicyclic) bond motifs is 4.